The Balaban J connectivity index is 1.68. The fraction of sp³-hybridized carbons (Fsp3) is 0.467. The standard InChI is InChI=1S/C15H19ClFN3O4/c16-12-2-1-11(7-13(12)17)23-9-14(21)19-20-5-3-10(4-6-20)8-24-15(18)22/h1-2,7,10H,3-6,8-9H2,(H2,18,22)(H,19,21). The number of carbonyl (C=O) groups excluding carboxylic acids is 2. The number of benzene rings is 1. The highest BCUT2D eigenvalue weighted by Crippen LogP contribution is 2.20. The van der Waals surface area contributed by atoms with Gasteiger partial charge in [-0.3, -0.25) is 10.2 Å². The lowest BCUT2D eigenvalue weighted by molar-refractivity contribution is -0.128. The highest BCUT2D eigenvalue weighted by molar-refractivity contribution is 6.30. The molecule has 2 amide bonds. The molecule has 1 aromatic carbocycles. The normalized spacial score (nSPS) is 15.8. The summed E-state index contributed by atoms with van der Waals surface area (Å²) in [5.74, 6) is -0.472. The zero-order valence-electron chi connectivity index (χ0n) is 13.0. The van der Waals surface area contributed by atoms with Gasteiger partial charge in [0.1, 0.15) is 11.6 Å². The number of primary amides is 1. The van der Waals surface area contributed by atoms with E-state index < -0.39 is 11.9 Å². The first-order chi connectivity index (χ1) is 11.4. The number of ether oxygens (including phenoxy) is 2. The van der Waals surface area contributed by atoms with Crippen molar-refractivity contribution < 1.29 is 23.5 Å². The molecular weight excluding hydrogens is 341 g/mol. The molecule has 0 aromatic heterocycles. The van der Waals surface area contributed by atoms with Crippen LogP contribution in [0.5, 0.6) is 5.75 Å². The molecule has 0 bridgehead atoms. The van der Waals surface area contributed by atoms with E-state index in [2.05, 4.69) is 5.43 Å². The summed E-state index contributed by atoms with van der Waals surface area (Å²) in [4.78, 5) is 22.4. The van der Waals surface area contributed by atoms with Crippen molar-refractivity contribution in [2.75, 3.05) is 26.3 Å². The summed E-state index contributed by atoms with van der Waals surface area (Å²) in [6, 6.07) is 3.98. The number of rotatable bonds is 6. The molecule has 1 fully saturated rings. The number of nitrogens with two attached hydrogens (primary N) is 1. The van der Waals surface area contributed by atoms with Crippen molar-refractivity contribution >= 4 is 23.6 Å². The molecule has 0 spiro atoms. The third kappa shape index (κ3) is 5.86. The van der Waals surface area contributed by atoms with Crippen LogP contribution in [0.1, 0.15) is 12.8 Å². The molecule has 2 rings (SSSR count). The van der Waals surface area contributed by atoms with Gasteiger partial charge in [-0.1, -0.05) is 11.6 Å². The molecule has 1 aliphatic heterocycles. The van der Waals surface area contributed by atoms with Gasteiger partial charge in [0.25, 0.3) is 5.91 Å². The molecule has 132 valence electrons. The minimum atomic E-state index is -0.776. The molecule has 0 aliphatic carbocycles. The van der Waals surface area contributed by atoms with E-state index in [1.54, 1.807) is 5.01 Å². The van der Waals surface area contributed by atoms with Crippen LogP contribution in [-0.4, -0.2) is 43.3 Å². The molecule has 0 saturated carbocycles. The highest BCUT2D eigenvalue weighted by atomic mass is 35.5. The lowest BCUT2D eigenvalue weighted by Crippen LogP contribution is -2.48. The van der Waals surface area contributed by atoms with E-state index in [-0.39, 0.29) is 29.2 Å². The van der Waals surface area contributed by atoms with Crippen LogP contribution in [0.2, 0.25) is 5.02 Å². The zero-order valence-corrected chi connectivity index (χ0v) is 13.7. The Bertz CT molecular complexity index is 594. The smallest absolute Gasteiger partial charge is 0.404 e. The van der Waals surface area contributed by atoms with Gasteiger partial charge >= 0.3 is 6.09 Å². The van der Waals surface area contributed by atoms with Crippen LogP contribution in [0.4, 0.5) is 9.18 Å². The van der Waals surface area contributed by atoms with Crippen LogP contribution < -0.4 is 15.9 Å². The van der Waals surface area contributed by atoms with E-state index in [0.29, 0.717) is 19.7 Å². The lowest BCUT2D eigenvalue weighted by Gasteiger charge is -2.31. The van der Waals surface area contributed by atoms with Gasteiger partial charge < -0.3 is 15.2 Å². The predicted molar refractivity (Wildman–Crippen MR) is 84.9 cm³/mol. The zero-order chi connectivity index (χ0) is 17.5. The van der Waals surface area contributed by atoms with E-state index in [4.69, 9.17) is 26.8 Å². The van der Waals surface area contributed by atoms with Crippen molar-refractivity contribution in [2.45, 2.75) is 12.8 Å². The minimum absolute atomic E-state index is 0.00464. The van der Waals surface area contributed by atoms with E-state index in [0.717, 1.165) is 18.9 Å². The molecule has 1 heterocycles. The largest absolute Gasteiger partial charge is 0.484 e. The molecule has 1 aliphatic rings. The monoisotopic (exact) mass is 359 g/mol. The van der Waals surface area contributed by atoms with Gasteiger partial charge in [-0.25, -0.2) is 14.2 Å². The van der Waals surface area contributed by atoms with Crippen LogP contribution in [0.25, 0.3) is 0 Å². The number of carbonyl (C=O) groups is 2. The Hall–Kier alpha value is -2.06. The van der Waals surface area contributed by atoms with Crippen molar-refractivity contribution in [3.8, 4) is 5.75 Å². The second-order valence-corrected chi connectivity index (χ2v) is 5.87. The van der Waals surface area contributed by atoms with Crippen molar-refractivity contribution in [3.05, 3.63) is 29.0 Å². The number of hydrogen-bond acceptors (Lipinski definition) is 5. The first-order valence-corrected chi connectivity index (χ1v) is 7.86. The highest BCUT2D eigenvalue weighted by Gasteiger charge is 2.21. The third-order valence-corrected chi connectivity index (χ3v) is 3.93. The molecule has 7 nitrogen and oxygen atoms in total. The Kier molecular flexibility index (Phi) is 6.62. The molecule has 24 heavy (non-hydrogen) atoms. The van der Waals surface area contributed by atoms with Crippen molar-refractivity contribution in [2.24, 2.45) is 11.7 Å². The summed E-state index contributed by atoms with van der Waals surface area (Å²) in [6.45, 7) is 1.33. The molecule has 0 atom stereocenters. The Labute approximate surface area is 143 Å². The number of amides is 2. The number of hydrazine groups is 1. The fourth-order valence-electron chi connectivity index (χ4n) is 2.34. The topological polar surface area (TPSA) is 93.9 Å². The maximum atomic E-state index is 13.3. The second kappa shape index (κ2) is 8.70. The fourth-order valence-corrected chi connectivity index (χ4v) is 2.45. The summed E-state index contributed by atoms with van der Waals surface area (Å²) in [7, 11) is 0. The van der Waals surface area contributed by atoms with E-state index in [1.165, 1.54) is 12.1 Å². The summed E-state index contributed by atoms with van der Waals surface area (Å²) in [5.41, 5.74) is 7.65. The van der Waals surface area contributed by atoms with Crippen molar-refractivity contribution in [3.63, 3.8) is 0 Å². The SMILES string of the molecule is NC(=O)OCC1CCN(NC(=O)COc2ccc(Cl)c(F)c2)CC1. The number of nitrogens with one attached hydrogen (secondary N) is 1. The van der Waals surface area contributed by atoms with Gasteiger partial charge in [0, 0.05) is 19.2 Å². The first kappa shape index (κ1) is 18.3. The van der Waals surface area contributed by atoms with E-state index in [9.17, 15) is 14.0 Å². The number of hydrogen-bond donors (Lipinski definition) is 2. The first-order valence-electron chi connectivity index (χ1n) is 7.48. The molecule has 0 unspecified atom stereocenters. The quantitative estimate of drug-likeness (QED) is 0.806. The molecule has 0 radical (unpaired) electrons. The number of halogens is 2. The van der Waals surface area contributed by atoms with Gasteiger partial charge in [0.05, 0.1) is 11.6 Å². The van der Waals surface area contributed by atoms with Crippen molar-refractivity contribution in [1.29, 1.82) is 0 Å². The summed E-state index contributed by atoms with van der Waals surface area (Å²) in [6.07, 6.45) is 0.773. The lowest BCUT2D eigenvalue weighted by atomic mass is 9.99. The molecule has 3 N–H and O–H groups in total. The van der Waals surface area contributed by atoms with Gasteiger partial charge in [-0.2, -0.15) is 0 Å². The number of nitrogens with zero attached hydrogens (tertiary/aromatic N) is 1. The molecule has 1 aromatic rings. The third-order valence-electron chi connectivity index (χ3n) is 3.62. The Morgan fingerprint density at radius 2 is 2.08 bits per heavy atom. The van der Waals surface area contributed by atoms with Crippen molar-refractivity contribution in [1.82, 2.24) is 10.4 Å². The average Bonchev–Trinajstić information content (AvgIpc) is 2.55. The maximum absolute atomic E-state index is 13.3. The van der Waals surface area contributed by atoms with E-state index >= 15 is 0 Å². The molecule has 9 heteroatoms. The van der Waals surface area contributed by atoms with Gasteiger partial charge in [0.2, 0.25) is 0 Å². The average molecular weight is 360 g/mol. The second-order valence-electron chi connectivity index (χ2n) is 5.46. The minimum Gasteiger partial charge on any atom is -0.484 e. The molecular formula is C15H19ClFN3O4. The van der Waals surface area contributed by atoms with Crippen LogP contribution >= 0.6 is 11.6 Å². The van der Waals surface area contributed by atoms with Gasteiger partial charge in [-0.05, 0) is 30.9 Å². The maximum Gasteiger partial charge on any atom is 0.404 e. The van der Waals surface area contributed by atoms with Gasteiger partial charge in [-0.15, -0.1) is 0 Å². The van der Waals surface area contributed by atoms with Crippen LogP contribution in [0.3, 0.4) is 0 Å². The van der Waals surface area contributed by atoms with Crippen LogP contribution in [0.15, 0.2) is 18.2 Å². The summed E-state index contributed by atoms with van der Waals surface area (Å²) >= 11 is 5.57. The van der Waals surface area contributed by atoms with Crippen LogP contribution in [0, 0.1) is 11.7 Å². The Morgan fingerprint density at radius 3 is 2.71 bits per heavy atom. The summed E-state index contributed by atoms with van der Waals surface area (Å²) < 4.78 is 23.3. The van der Waals surface area contributed by atoms with E-state index in [1.807, 2.05) is 0 Å². The predicted octanol–water partition coefficient (Wildman–Crippen LogP) is 1.70. The Morgan fingerprint density at radius 1 is 1.38 bits per heavy atom. The summed E-state index contributed by atoms with van der Waals surface area (Å²) in [5, 5.41) is 1.77. The number of piperidine rings is 1. The van der Waals surface area contributed by atoms with Crippen LogP contribution in [-0.2, 0) is 9.53 Å². The van der Waals surface area contributed by atoms with Gasteiger partial charge in [0.15, 0.2) is 6.61 Å². The molecule has 1 saturated heterocycles.